The van der Waals surface area contributed by atoms with Crippen LogP contribution < -0.4 is 5.32 Å². The van der Waals surface area contributed by atoms with E-state index in [1.807, 2.05) is 0 Å². The van der Waals surface area contributed by atoms with Crippen molar-refractivity contribution < 1.29 is 0 Å². The number of benzene rings is 1. The molecule has 0 bridgehead atoms. The molecule has 1 nitrogen and oxygen atoms in total. The summed E-state index contributed by atoms with van der Waals surface area (Å²) < 4.78 is 2.39. The average molecular weight is 403 g/mol. The first kappa shape index (κ1) is 16.5. The van der Waals surface area contributed by atoms with Crippen LogP contribution in [0.25, 0.3) is 0 Å². The smallest absolute Gasteiger partial charge is 0.0386 e. The molecule has 112 valence electrons. The van der Waals surface area contributed by atoms with Gasteiger partial charge >= 0.3 is 0 Å². The minimum Gasteiger partial charge on any atom is -0.309 e. The SMILES string of the molecule is CCCNC(c1cc(Br)ccc1Br)C1(C)CCCCC1. The summed E-state index contributed by atoms with van der Waals surface area (Å²) in [5, 5.41) is 3.81. The van der Waals surface area contributed by atoms with E-state index in [0.29, 0.717) is 11.5 Å². The van der Waals surface area contributed by atoms with Crippen LogP contribution in [0.5, 0.6) is 0 Å². The molecule has 1 aromatic rings. The number of hydrogen-bond donors (Lipinski definition) is 1. The van der Waals surface area contributed by atoms with Gasteiger partial charge < -0.3 is 5.32 Å². The van der Waals surface area contributed by atoms with Crippen LogP contribution >= 0.6 is 31.9 Å². The molecule has 1 unspecified atom stereocenters. The third kappa shape index (κ3) is 3.86. The minimum absolute atomic E-state index is 0.372. The molecule has 2 rings (SSSR count). The lowest BCUT2D eigenvalue weighted by Crippen LogP contribution is -2.38. The Morgan fingerprint density at radius 1 is 1.20 bits per heavy atom. The van der Waals surface area contributed by atoms with Crippen molar-refractivity contribution in [3.63, 3.8) is 0 Å². The fourth-order valence-electron chi connectivity index (χ4n) is 3.40. The monoisotopic (exact) mass is 401 g/mol. The van der Waals surface area contributed by atoms with Crippen molar-refractivity contribution in [1.82, 2.24) is 5.32 Å². The zero-order valence-corrected chi connectivity index (χ0v) is 15.7. The van der Waals surface area contributed by atoms with Gasteiger partial charge in [-0.15, -0.1) is 0 Å². The first-order chi connectivity index (χ1) is 9.57. The van der Waals surface area contributed by atoms with E-state index in [1.54, 1.807) is 0 Å². The van der Waals surface area contributed by atoms with Gasteiger partial charge in [0.15, 0.2) is 0 Å². The summed E-state index contributed by atoms with van der Waals surface area (Å²) in [6.45, 7) is 5.79. The summed E-state index contributed by atoms with van der Waals surface area (Å²) in [6, 6.07) is 6.98. The highest BCUT2D eigenvalue weighted by Gasteiger charge is 2.36. The highest BCUT2D eigenvalue weighted by Crippen LogP contribution is 2.47. The van der Waals surface area contributed by atoms with Crippen molar-refractivity contribution >= 4 is 31.9 Å². The van der Waals surface area contributed by atoms with Crippen LogP contribution in [-0.2, 0) is 0 Å². The molecular formula is C17H25Br2N. The van der Waals surface area contributed by atoms with Crippen LogP contribution in [0.2, 0.25) is 0 Å². The normalized spacial score (nSPS) is 19.8. The molecule has 0 amide bonds. The summed E-state index contributed by atoms with van der Waals surface area (Å²) in [5.41, 5.74) is 1.77. The molecule has 0 aliphatic heterocycles. The van der Waals surface area contributed by atoms with Gasteiger partial charge in [0.25, 0.3) is 0 Å². The maximum absolute atomic E-state index is 3.81. The van der Waals surface area contributed by atoms with Gasteiger partial charge in [-0.25, -0.2) is 0 Å². The lowest BCUT2D eigenvalue weighted by atomic mass is 9.68. The van der Waals surface area contributed by atoms with E-state index in [4.69, 9.17) is 0 Å². The Kier molecular flexibility index (Phi) is 6.12. The first-order valence-corrected chi connectivity index (χ1v) is 9.34. The van der Waals surface area contributed by atoms with Crippen molar-refractivity contribution in [3.8, 4) is 0 Å². The van der Waals surface area contributed by atoms with Gasteiger partial charge in [-0.05, 0) is 55.0 Å². The second-order valence-corrected chi connectivity index (χ2v) is 8.04. The molecule has 20 heavy (non-hydrogen) atoms. The minimum atomic E-state index is 0.372. The molecule has 1 aliphatic carbocycles. The fraction of sp³-hybridized carbons (Fsp3) is 0.647. The van der Waals surface area contributed by atoms with Gasteiger partial charge in [0.1, 0.15) is 0 Å². The highest BCUT2D eigenvalue weighted by atomic mass is 79.9. The molecule has 0 heterocycles. The molecule has 0 radical (unpaired) electrons. The van der Waals surface area contributed by atoms with Gasteiger partial charge in [-0.1, -0.05) is 65.0 Å². The molecule has 1 saturated carbocycles. The zero-order chi connectivity index (χ0) is 14.6. The zero-order valence-electron chi connectivity index (χ0n) is 12.5. The summed E-state index contributed by atoms with van der Waals surface area (Å²) in [5.74, 6) is 0. The number of rotatable bonds is 5. The topological polar surface area (TPSA) is 12.0 Å². The summed E-state index contributed by atoms with van der Waals surface area (Å²) in [6.07, 6.45) is 7.97. The quantitative estimate of drug-likeness (QED) is 0.615. The predicted octanol–water partition coefficient (Wildman–Crippen LogP) is 6.22. The second kappa shape index (κ2) is 7.42. The maximum atomic E-state index is 3.81. The number of halogens is 2. The van der Waals surface area contributed by atoms with Gasteiger partial charge in [0.2, 0.25) is 0 Å². The van der Waals surface area contributed by atoms with Crippen LogP contribution in [0.3, 0.4) is 0 Å². The number of nitrogens with one attached hydrogen (secondary N) is 1. The highest BCUT2D eigenvalue weighted by molar-refractivity contribution is 9.11. The molecule has 0 aromatic heterocycles. The molecular weight excluding hydrogens is 378 g/mol. The Balaban J connectivity index is 2.33. The number of hydrogen-bond acceptors (Lipinski definition) is 1. The van der Waals surface area contributed by atoms with E-state index in [1.165, 1.54) is 53.0 Å². The molecule has 1 atom stereocenters. The van der Waals surface area contributed by atoms with Crippen molar-refractivity contribution in [2.75, 3.05) is 6.54 Å². The van der Waals surface area contributed by atoms with Gasteiger partial charge in [0, 0.05) is 15.0 Å². The largest absolute Gasteiger partial charge is 0.309 e. The Morgan fingerprint density at radius 2 is 1.90 bits per heavy atom. The van der Waals surface area contributed by atoms with Crippen molar-refractivity contribution in [2.24, 2.45) is 5.41 Å². The van der Waals surface area contributed by atoms with Crippen LogP contribution in [0.1, 0.15) is 64.0 Å². The van der Waals surface area contributed by atoms with Gasteiger partial charge in [0.05, 0.1) is 0 Å². The third-order valence-electron chi connectivity index (χ3n) is 4.56. The van der Waals surface area contributed by atoms with Crippen LogP contribution in [0.4, 0.5) is 0 Å². The fourth-order valence-corrected chi connectivity index (χ4v) is 4.26. The van der Waals surface area contributed by atoms with Crippen LogP contribution in [0, 0.1) is 5.41 Å². The molecule has 0 spiro atoms. The predicted molar refractivity (Wildman–Crippen MR) is 94.1 cm³/mol. The van der Waals surface area contributed by atoms with Crippen LogP contribution in [-0.4, -0.2) is 6.54 Å². The van der Waals surface area contributed by atoms with Gasteiger partial charge in [-0.2, -0.15) is 0 Å². The Hall–Kier alpha value is 0.140. The standard InChI is InChI=1S/C17H25Br2N/c1-3-11-20-16(17(2)9-5-4-6-10-17)14-12-13(18)7-8-15(14)19/h7-8,12,16,20H,3-6,9-11H2,1-2H3. The van der Waals surface area contributed by atoms with E-state index >= 15 is 0 Å². The molecule has 1 N–H and O–H groups in total. The summed E-state index contributed by atoms with van der Waals surface area (Å²) in [7, 11) is 0. The maximum Gasteiger partial charge on any atom is 0.0386 e. The van der Waals surface area contributed by atoms with Crippen LogP contribution in [0.15, 0.2) is 27.1 Å². The van der Waals surface area contributed by atoms with Crippen molar-refractivity contribution in [2.45, 2.75) is 58.4 Å². The average Bonchev–Trinajstić information content (AvgIpc) is 2.43. The summed E-state index contributed by atoms with van der Waals surface area (Å²) >= 11 is 7.38. The summed E-state index contributed by atoms with van der Waals surface area (Å²) in [4.78, 5) is 0. The lowest BCUT2D eigenvalue weighted by Gasteiger charge is -2.42. The Morgan fingerprint density at radius 3 is 2.55 bits per heavy atom. The lowest BCUT2D eigenvalue weighted by molar-refractivity contribution is 0.144. The van der Waals surface area contributed by atoms with E-state index in [9.17, 15) is 0 Å². The van der Waals surface area contributed by atoms with E-state index < -0.39 is 0 Å². The van der Waals surface area contributed by atoms with Gasteiger partial charge in [-0.3, -0.25) is 0 Å². The molecule has 1 aliphatic rings. The van der Waals surface area contributed by atoms with Crippen molar-refractivity contribution in [3.05, 3.63) is 32.7 Å². The van der Waals surface area contributed by atoms with E-state index in [2.05, 4.69) is 69.2 Å². The molecule has 3 heteroatoms. The van der Waals surface area contributed by atoms with E-state index in [0.717, 1.165) is 6.54 Å². The first-order valence-electron chi connectivity index (χ1n) is 7.75. The Labute approximate surface area is 140 Å². The second-order valence-electron chi connectivity index (χ2n) is 6.27. The molecule has 0 saturated heterocycles. The Bertz CT molecular complexity index is 439. The van der Waals surface area contributed by atoms with Crippen molar-refractivity contribution in [1.29, 1.82) is 0 Å². The third-order valence-corrected chi connectivity index (χ3v) is 5.78. The molecule has 1 fully saturated rings. The molecule has 1 aromatic carbocycles. The van der Waals surface area contributed by atoms with E-state index in [-0.39, 0.29) is 0 Å².